The van der Waals surface area contributed by atoms with Gasteiger partial charge in [0, 0.05) is 41.4 Å². The highest BCUT2D eigenvalue weighted by Gasteiger charge is 2.27. The minimum Gasteiger partial charge on any atom is -0.497 e. The largest absolute Gasteiger partial charge is 0.497 e. The van der Waals surface area contributed by atoms with E-state index in [0.29, 0.717) is 40.4 Å². The van der Waals surface area contributed by atoms with E-state index in [-0.39, 0.29) is 17.4 Å². The summed E-state index contributed by atoms with van der Waals surface area (Å²) >= 11 is 0. The van der Waals surface area contributed by atoms with Crippen LogP contribution in [0, 0.1) is 0 Å². The molecule has 1 unspecified atom stereocenters. The van der Waals surface area contributed by atoms with Gasteiger partial charge >= 0.3 is 0 Å². The van der Waals surface area contributed by atoms with Crippen LogP contribution in [0.5, 0.6) is 11.5 Å². The van der Waals surface area contributed by atoms with Gasteiger partial charge in [-0.2, -0.15) is 0 Å². The molecule has 0 spiro atoms. The summed E-state index contributed by atoms with van der Waals surface area (Å²) in [5, 5.41) is 2.89. The van der Waals surface area contributed by atoms with Gasteiger partial charge in [0.1, 0.15) is 23.3 Å². The van der Waals surface area contributed by atoms with Crippen LogP contribution < -0.4 is 20.3 Å². The highest BCUT2D eigenvalue weighted by molar-refractivity contribution is 6.52. The van der Waals surface area contributed by atoms with Crippen molar-refractivity contribution in [1.82, 2.24) is 5.48 Å². The van der Waals surface area contributed by atoms with Crippen molar-refractivity contribution in [1.29, 1.82) is 0 Å². The second-order valence-electron chi connectivity index (χ2n) is 8.05. The van der Waals surface area contributed by atoms with Crippen molar-refractivity contribution in [3.63, 3.8) is 0 Å². The number of methoxy groups -OCH3 is 2. The van der Waals surface area contributed by atoms with E-state index in [1.54, 1.807) is 36.4 Å². The molecule has 0 heterocycles. The number of carbonyl (C=O) groups excluding carboxylic acids is 2. The maximum atomic E-state index is 13.5. The molecule has 1 amide bonds. The van der Waals surface area contributed by atoms with Crippen molar-refractivity contribution in [2.75, 3.05) is 26.6 Å². The van der Waals surface area contributed by atoms with Crippen molar-refractivity contribution in [3.8, 4) is 11.5 Å². The molecule has 3 aromatic carbocycles. The number of nitrogens with one attached hydrogen (secondary N) is 2. The molecule has 8 heteroatoms. The first-order valence-electron chi connectivity index (χ1n) is 11.3. The Morgan fingerprint density at radius 3 is 2.17 bits per heavy atom. The normalized spacial score (nSPS) is 14.5. The molecule has 184 valence electrons. The zero-order valence-electron chi connectivity index (χ0n) is 20.3. The lowest BCUT2D eigenvalue weighted by Gasteiger charge is -2.20. The number of aliphatic imine (C=N–C) groups is 1. The van der Waals surface area contributed by atoms with Crippen LogP contribution in [-0.2, 0) is 16.1 Å². The number of nitrogens with zero attached hydrogens (tertiary/aromatic N) is 1. The van der Waals surface area contributed by atoms with E-state index in [4.69, 9.17) is 14.3 Å². The SMILES string of the molecule is CONC1=CC(=NC(Cc2ccccc2)C(=O)Nc2cc(OC)cc(OC)c2)C(=O)c2ccccc21. The van der Waals surface area contributed by atoms with Crippen molar-refractivity contribution >= 4 is 28.8 Å². The molecule has 4 rings (SSSR count). The number of rotatable bonds is 9. The summed E-state index contributed by atoms with van der Waals surface area (Å²) in [6, 6.07) is 20.9. The lowest BCUT2D eigenvalue weighted by Crippen LogP contribution is -2.32. The smallest absolute Gasteiger partial charge is 0.249 e. The van der Waals surface area contributed by atoms with Crippen LogP contribution in [0.25, 0.3) is 5.70 Å². The molecule has 3 aromatic rings. The summed E-state index contributed by atoms with van der Waals surface area (Å²) in [5.41, 5.74) is 6.14. The van der Waals surface area contributed by atoms with E-state index >= 15 is 0 Å². The number of hydrogen-bond donors (Lipinski definition) is 2. The van der Waals surface area contributed by atoms with Gasteiger partial charge in [-0.25, -0.2) is 0 Å². The van der Waals surface area contributed by atoms with Gasteiger partial charge in [0.25, 0.3) is 0 Å². The summed E-state index contributed by atoms with van der Waals surface area (Å²) in [6.07, 6.45) is 1.90. The Bertz CT molecular complexity index is 1300. The highest BCUT2D eigenvalue weighted by Crippen LogP contribution is 2.27. The van der Waals surface area contributed by atoms with E-state index in [0.717, 1.165) is 5.56 Å². The number of hydroxylamine groups is 1. The lowest BCUT2D eigenvalue weighted by molar-refractivity contribution is -0.117. The number of anilines is 1. The first-order chi connectivity index (χ1) is 17.5. The van der Waals surface area contributed by atoms with Gasteiger partial charge in [-0.15, -0.1) is 0 Å². The Morgan fingerprint density at radius 2 is 1.53 bits per heavy atom. The maximum Gasteiger partial charge on any atom is 0.249 e. The molecule has 0 saturated heterocycles. The van der Waals surface area contributed by atoms with Gasteiger partial charge in [-0.3, -0.25) is 24.9 Å². The quantitative estimate of drug-likeness (QED) is 0.443. The second-order valence-corrected chi connectivity index (χ2v) is 8.05. The second kappa shape index (κ2) is 11.3. The van der Waals surface area contributed by atoms with E-state index in [1.807, 2.05) is 42.5 Å². The Kier molecular flexibility index (Phi) is 7.77. The molecule has 8 nitrogen and oxygen atoms in total. The molecule has 1 aliphatic rings. The van der Waals surface area contributed by atoms with Crippen LogP contribution in [0.15, 0.2) is 83.9 Å². The number of ketones is 1. The average Bonchev–Trinajstić information content (AvgIpc) is 2.91. The molecule has 0 saturated carbocycles. The summed E-state index contributed by atoms with van der Waals surface area (Å²) in [4.78, 5) is 36.5. The Hall–Kier alpha value is -4.43. The molecule has 0 radical (unpaired) electrons. The molecule has 0 fully saturated rings. The number of carbonyl (C=O) groups is 2. The van der Waals surface area contributed by atoms with Crippen LogP contribution in [0.3, 0.4) is 0 Å². The molecular formula is C28H27N3O5. The number of ether oxygens (including phenoxy) is 2. The Labute approximate surface area is 209 Å². The maximum absolute atomic E-state index is 13.5. The predicted octanol–water partition coefficient (Wildman–Crippen LogP) is 4.08. The third-order valence-electron chi connectivity index (χ3n) is 5.68. The zero-order chi connectivity index (χ0) is 25.5. The topological polar surface area (TPSA) is 98.2 Å². The minimum atomic E-state index is -0.881. The molecule has 1 atom stereocenters. The molecule has 0 aliphatic heterocycles. The van der Waals surface area contributed by atoms with Crippen LogP contribution in [0.2, 0.25) is 0 Å². The first-order valence-corrected chi connectivity index (χ1v) is 11.3. The fraction of sp³-hybridized carbons (Fsp3) is 0.179. The molecule has 0 aromatic heterocycles. The summed E-state index contributed by atoms with van der Waals surface area (Å²) in [5.74, 6) is 0.435. The Morgan fingerprint density at radius 1 is 0.889 bits per heavy atom. The van der Waals surface area contributed by atoms with Crippen LogP contribution in [0.4, 0.5) is 5.69 Å². The average molecular weight is 486 g/mol. The van der Waals surface area contributed by atoms with Gasteiger partial charge in [0.05, 0.1) is 27.0 Å². The number of amides is 1. The molecule has 2 N–H and O–H groups in total. The minimum absolute atomic E-state index is 0.160. The summed E-state index contributed by atoms with van der Waals surface area (Å²) in [7, 11) is 4.56. The Balaban J connectivity index is 1.71. The van der Waals surface area contributed by atoms with Gasteiger partial charge in [0.15, 0.2) is 0 Å². The highest BCUT2D eigenvalue weighted by atomic mass is 16.6. The standard InChI is InChI=1S/C28H27N3O5/c1-34-20-14-19(15-21(16-20)35-2)29-28(33)26(13-18-9-5-4-6-10-18)30-25-17-24(31-36-3)22-11-7-8-12-23(22)27(25)32/h4-12,14-17,26,31H,13H2,1-3H3,(H,29,33). The first kappa shape index (κ1) is 24.7. The molecule has 0 bridgehead atoms. The monoisotopic (exact) mass is 485 g/mol. The third-order valence-corrected chi connectivity index (χ3v) is 5.68. The van der Waals surface area contributed by atoms with Gasteiger partial charge in [-0.1, -0.05) is 54.6 Å². The summed E-state index contributed by atoms with van der Waals surface area (Å²) in [6.45, 7) is 0. The van der Waals surface area contributed by atoms with Crippen molar-refractivity contribution in [2.45, 2.75) is 12.5 Å². The molecule has 1 aliphatic carbocycles. The number of fused-ring (bicyclic) bond motifs is 1. The van der Waals surface area contributed by atoms with Gasteiger partial charge < -0.3 is 14.8 Å². The lowest BCUT2D eigenvalue weighted by atomic mass is 9.92. The van der Waals surface area contributed by atoms with Gasteiger partial charge in [-0.05, 0) is 11.6 Å². The molecular weight excluding hydrogens is 458 g/mol. The number of Topliss-reactive ketones (excluding diaryl/α,β-unsaturated/α-hetero) is 1. The van der Waals surface area contributed by atoms with Crippen molar-refractivity contribution < 1.29 is 23.9 Å². The van der Waals surface area contributed by atoms with Gasteiger partial charge in [0.2, 0.25) is 11.7 Å². The summed E-state index contributed by atoms with van der Waals surface area (Å²) < 4.78 is 10.6. The van der Waals surface area contributed by atoms with E-state index < -0.39 is 6.04 Å². The molecule has 36 heavy (non-hydrogen) atoms. The van der Waals surface area contributed by atoms with Crippen LogP contribution in [-0.4, -0.2) is 44.8 Å². The predicted molar refractivity (Wildman–Crippen MR) is 138 cm³/mol. The van der Waals surface area contributed by atoms with Crippen LogP contribution in [0.1, 0.15) is 21.5 Å². The fourth-order valence-corrected chi connectivity index (χ4v) is 3.93. The third kappa shape index (κ3) is 5.61. The number of hydrogen-bond acceptors (Lipinski definition) is 7. The van der Waals surface area contributed by atoms with E-state index in [9.17, 15) is 9.59 Å². The zero-order valence-corrected chi connectivity index (χ0v) is 20.3. The van der Waals surface area contributed by atoms with E-state index in [2.05, 4.69) is 15.8 Å². The van der Waals surface area contributed by atoms with Crippen LogP contribution >= 0.6 is 0 Å². The number of allylic oxidation sites excluding steroid dienone is 1. The van der Waals surface area contributed by atoms with E-state index in [1.165, 1.54) is 21.3 Å². The fourth-order valence-electron chi connectivity index (χ4n) is 3.93. The van der Waals surface area contributed by atoms with Crippen molar-refractivity contribution in [2.24, 2.45) is 4.99 Å². The van der Waals surface area contributed by atoms with Crippen molar-refractivity contribution in [3.05, 3.63) is 95.6 Å². The number of benzene rings is 3.